The molecule has 1 aliphatic heterocycles. The Kier molecular flexibility index (Phi) is 4.04. The van der Waals surface area contributed by atoms with Crippen LogP contribution in [0.5, 0.6) is 0 Å². The van der Waals surface area contributed by atoms with E-state index in [2.05, 4.69) is 0 Å². The number of carboxylic acid groups (broad SMARTS) is 1. The first-order chi connectivity index (χ1) is 8.97. The lowest BCUT2D eigenvalue weighted by molar-refractivity contribution is -0.145. The molecule has 4 nitrogen and oxygen atoms in total. The predicted octanol–water partition coefficient (Wildman–Crippen LogP) is 1.67. The van der Waals surface area contributed by atoms with Gasteiger partial charge in [0.1, 0.15) is 18.2 Å². The van der Waals surface area contributed by atoms with Crippen molar-refractivity contribution in [3.05, 3.63) is 35.4 Å². The number of amides is 1. The first kappa shape index (κ1) is 13.8. The second-order valence-corrected chi connectivity index (χ2v) is 5.18. The molecule has 1 amide bonds. The van der Waals surface area contributed by atoms with E-state index in [9.17, 15) is 18.4 Å². The highest BCUT2D eigenvalue weighted by Gasteiger charge is 2.31. The predicted molar refractivity (Wildman–Crippen MR) is 65.8 cm³/mol. The molecule has 102 valence electrons. The van der Waals surface area contributed by atoms with Gasteiger partial charge in [-0.3, -0.25) is 9.59 Å². The van der Waals surface area contributed by atoms with Gasteiger partial charge in [-0.15, -0.1) is 11.8 Å². The molecule has 2 rings (SSSR count). The van der Waals surface area contributed by atoms with Gasteiger partial charge in [0.25, 0.3) is 0 Å². The van der Waals surface area contributed by atoms with Crippen LogP contribution < -0.4 is 0 Å². The number of rotatable bonds is 3. The molecule has 0 spiro atoms. The summed E-state index contributed by atoms with van der Waals surface area (Å²) in [5.41, 5.74) is 0.277. The van der Waals surface area contributed by atoms with Gasteiger partial charge in [0.2, 0.25) is 5.91 Å². The van der Waals surface area contributed by atoms with Gasteiger partial charge in [0, 0.05) is 11.8 Å². The fourth-order valence-corrected chi connectivity index (χ4v) is 3.05. The first-order valence-electron chi connectivity index (χ1n) is 5.52. The average Bonchev–Trinajstić information content (AvgIpc) is 2.30. The third kappa shape index (κ3) is 3.23. The largest absolute Gasteiger partial charge is 0.480 e. The number of halogens is 2. The van der Waals surface area contributed by atoms with Crippen LogP contribution in [0.25, 0.3) is 0 Å². The van der Waals surface area contributed by atoms with Crippen molar-refractivity contribution >= 4 is 23.6 Å². The third-order valence-electron chi connectivity index (χ3n) is 2.77. The lowest BCUT2D eigenvalue weighted by atomic mass is 10.1. The van der Waals surface area contributed by atoms with Crippen molar-refractivity contribution in [2.45, 2.75) is 6.04 Å². The SMILES string of the molecule is O=C(O)CN1C(=O)CSC[C@H]1c1cc(F)cc(F)c1. The van der Waals surface area contributed by atoms with Gasteiger partial charge in [0.15, 0.2) is 0 Å². The quantitative estimate of drug-likeness (QED) is 0.918. The molecule has 0 aliphatic carbocycles. The minimum atomic E-state index is -1.15. The van der Waals surface area contributed by atoms with Crippen molar-refractivity contribution in [3.8, 4) is 0 Å². The molecule has 1 aromatic rings. The monoisotopic (exact) mass is 287 g/mol. The van der Waals surface area contributed by atoms with Crippen LogP contribution >= 0.6 is 11.8 Å². The van der Waals surface area contributed by atoms with E-state index < -0.39 is 30.2 Å². The summed E-state index contributed by atoms with van der Waals surface area (Å²) in [5, 5.41) is 8.81. The van der Waals surface area contributed by atoms with Crippen molar-refractivity contribution in [1.29, 1.82) is 0 Å². The Morgan fingerprint density at radius 1 is 1.37 bits per heavy atom. The van der Waals surface area contributed by atoms with Crippen LogP contribution in [-0.4, -0.2) is 39.9 Å². The zero-order chi connectivity index (χ0) is 14.0. The number of benzene rings is 1. The third-order valence-corrected chi connectivity index (χ3v) is 3.78. The normalized spacial score (nSPS) is 19.6. The van der Waals surface area contributed by atoms with Gasteiger partial charge in [-0.2, -0.15) is 0 Å². The maximum atomic E-state index is 13.2. The number of carbonyl (C=O) groups excluding carboxylic acids is 1. The molecule has 0 aromatic heterocycles. The Bertz CT molecular complexity index is 503. The topological polar surface area (TPSA) is 57.6 Å². The minimum absolute atomic E-state index is 0.182. The number of hydrogen-bond donors (Lipinski definition) is 1. The van der Waals surface area contributed by atoms with E-state index in [1.54, 1.807) is 0 Å². The molecule has 1 saturated heterocycles. The molecule has 1 aromatic carbocycles. The molecule has 1 aliphatic rings. The van der Waals surface area contributed by atoms with Crippen molar-refractivity contribution in [3.63, 3.8) is 0 Å². The molecule has 19 heavy (non-hydrogen) atoms. The smallest absolute Gasteiger partial charge is 0.323 e. The number of hydrogen-bond acceptors (Lipinski definition) is 3. The minimum Gasteiger partial charge on any atom is -0.480 e. The van der Waals surface area contributed by atoms with Crippen LogP contribution in [-0.2, 0) is 9.59 Å². The van der Waals surface area contributed by atoms with Crippen molar-refractivity contribution in [2.75, 3.05) is 18.1 Å². The van der Waals surface area contributed by atoms with Gasteiger partial charge in [-0.05, 0) is 17.7 Å². The molecule has 1 N–H and O–H groups in total. The van der Waals surface area contributed by atoms with Crippen LogP contribution in [0.1, 0.15) is 11.6 Å². The highest BCUT2D eigenvalue weighted by atomic mass is 32.2. The van der Waals surface area contributed by atoms with E-state index in [0.29, 0.717) is 5.75 Å². The summed E-state index contributed by atoms with van der Waals surface area (Å²) in [6.07, 6.45) is 0. The molecule has 1 atom stereocenters. The van der Waals surface area contributed by atoms with Gasteiger partial charge in [-0.25, -0.2) is 8.78 Å². The number of nitrogens with zero attached hydrogens (tertiary/aromatic N) is 1. The van der Waals surface area contributed by atoms with Crippen LogP contribution in [0.3, 0.4) is 0 Å². The number of carboxylic acids is 1. The maximum absolute atomic E-state index is 13.2. The lowest BCUT2D eigenvalue weighted by Gasteiger charge is -2.34. The zero-order valence-corrected chi connectivity index (χ0v) is 10.6. The van der Waals surface area contributed by atoms with Crippen LogP contribution in [0.4, 0.5) is 8.78 Å². The molecular weight excluding hydrogens is 276 g/mol. The highest BCUT2D eigenvalue weighted by molar-refractivity contribution is 8.00. The second-order valence-electron chi connectivity index (χ2n) is 4.15. The van der Waals surface area contributed by atoms with Gasteiger partial charge < -0.3 is 10.0 Å². The molecular formula is C12H11F2NO3S. The summed E-state index contributed by atoms with van der Waals surface area (Å²) in [6, 6.07) is 2.37. The summed E-state index contributed by atoms with van der Waals surface area (Å²) >= 11 is 1.32. The van der Waals surface area contributed by atoms with Gasteiger partial charge in [-0.1, -0.05) is 0 Å². The van der Waals surface area contributed by atoms with E-state index in [1.165, 1.54) is 11.8 Å². The first-order valence-corrected chi connectivity index (χ1v) is 6.68. The summed E-state index contributed by atoms with van der Waals surface area (Å²) in [5.74, 6) is -2.37. The highest BCUT2D eigenvalue weighted by Crippen LogP contribution is 2.30. The van der Waals surface area contributed by atoms with E-state index in [1.807, 2.05) is 0 Å². The second kappa shape index (κ2) is 5.56. The van der Waals surface area contributed by atoms with Crippen LogP contribution in [0, 0.1) is 11.6 Å². The fraction of sp³-hybridized carbons (Fsp3) is 0.333. The van der Waals surface area contributed by atoms with Crippen molar-refractivity contribution in [2.24, 2.45) is 0 Å². The molecule has 7 heteroatoms. The molecule has 1 heterocycles. The zero-order valence-electron chi connectivity index (χ0n) is 9.81. The van der Waals surface area contributed by atoms with Gasteiger partial charge in [0.05, 0.1) is 11.8 Å². The molecule has 0 saturated carbocycles. The molecule has 0 bridgehead atoms. The number of thioether (sulfide) groups is 1. The molecule has 0 radical (unpaired) electrons. The average molecular weight is 287 g/mol. The Hall–Kier alpha value is -1.63. The van der Waals surface area contributed by atoms with E-state index in [0.717, 1.165) is 23.1 Å². The van der Waals surface area contributed by atoms with E-state index >= 15 is 0 Å². The Morgan fingerprint density at radius 3 is 2.58 bits per heavy atom. The Morgan fingerprint density at radius 2 is 2.00 bits per heavy atom. The number of carbonyl (C=O) groups is 2. The van der Waals surface area contributed by atoms with Crippen molar-refractivity contribution in [1.82, 2.24) is 4.90 Å². The maximum Gasteiger partial charge on any atom is 0.323 e. The summed E-state index contributed by atoms with van der Waals surface area (Å²) < 4.78 is 26.4. The van der Waals surface area contributed by atoms with Gasteiger partial charge >= 0.3 is 5.97 Å². The molecule has 0 unspecified atom stereocenters. The Labute approximate surface area is 112 Å². The summed E-state index contributed by atoms with van der Waals surface area (Å²) in [4.78, 5) is 23.7. The van der Waals surface area contributed by atoms with Crippen LogP contribution in [0.2, 0.25) is 0 Å². The Balaban J connectivity index is 2.33. The summed E-state index contributed by atoms with van der Waals surface area (Å²) in [7, 11) is 0. The van der Waals surface area contributed by atoms with E-state index in [4.69, 9.17) is 5.11 Å². The lowest BCUT2D eigenvalue weighted by Crippen LogP contribution is -2.43. The standard InChI is InChI=1S/C12H11F2NO3S/c13-8-1-7(2-9(14)3-8)10-5-19-6-11(16)15(10)4-12(17)18/h1-3,10H,4-6H2,(H,17,18)/t10-/m0/s1. The molecule has 1 fully saturated rings. The summed E-state index contributed by atoms with van der Waals surface area (Å²) in [6.45, 7) is -0.470. The van der Waals surface area contributed by atoms with Crippen molar-refractivity contribution < 1.29 is 23.5 Å². The fourth-order valence-electron chi connectivity index (χ4n) is 1.99. The van der Waals surface area contributed by atoms with Crippen LogP contribution in [0.15, 0.2) is 18.2 Å². The van der Waals surface area contributed by atoms with E-state index in [-0.39, 0.29) is 17.2 Å². The number of aliphatic carboxylic acids is 1.